The fraction of sp³-hybridized carbons (Fsp3) is 0.643. The van der Waals surface area contributed by atoms with Crippen molar-refractivity contribution in [1.82, 2.24) is 15.6 Å². The fourth-order valence-electron chi connectivity index (χ4n) is 1.57. The molecule has 6 nitrogen and oxygen atoms in total. The number of esters is 1. The van der Waals surface area contributed by atoms with Crippen molar-refractivity contribution in [3.8, 4) is 0 Å². The molecule has 0 spiro atoms. The van der Waals surface area contributed by atoms with E-state index in [4.69, 9.17) is 4.74 Å². The molecular formula is C14H24N4O2S. The first-order valence-electron chi connectivity index (χ1n) is 7.14. The lowest BCUT2D eigenvalue weighted by molar-refractivity contribution is -0.147. The van der Waals surface area contributed by atoms with Crippen LogP contribution < -0.4 is 10.6 Å². The molecule has 0 saturated carbocycles. The summed E-state index contributed by atoms with van der Waals surface area (Å²) in [5, 5.41) is 7.23. The molecule has 1 rings (SSSR count). The average Bonchev–Trinajstić information content (AvgIpc) is 2.81. The van der Waals surface area contributed by atoms with E-state index < -0.39 is 0 Å². The summed E-state index contributed by atoms with van der Waals surface area (Å²) >= 11 is 1.64. The van der Waals surface area contributed by atoms with Gasteiger partial charge in [-0.15, -0.1) is 11.3 Å². The average molecular weight is 312 g/mol. The highest BCUT2D eigenvalue weighted by Crippen LogP contribution is 2.11. The standard InChI is InChI=1S/C14H24N4O2S/c1-5-15-14(16-7-6-13(19)20-10(2)3)18-9-12-17-8-11(4)21-12/h8,10H,5-7,9H2,1-4H3,(H2,15,16,18). The number of hydrogen-bond acceptors (Lipinski definition) is 5. The van der Waals surface area contributed by atoms with Crippen molar-refractivity contribution >= 4 is 23.3 Å². The molecule has 1 aromatic rings. The lowest BCUT2D eigenvalue weighted by Crippen LogP contribution is -2.38. The van der Waals surface area contributed by atoms with Gasteiger partial charge in [0.2, 0.25) is 0 Å². The molecule has 0 aliphatic rings. The normalized spacial score (nSPS) is 11.6. The Bertz CT molecular complexity index is 471. The van der Waals surface area contributed by atoms with Crippen molar-refractivity contribution in [3.05, 3.63) is 16.1 Å². The summed E-state index contributed by atoms with van der Waals surface area (Å²) in [7, 11) is 0. The minimum atomic E-state index is -0.205. The quantitative estimate of drug-likeness (QED) is 0.456. The fourth-order valence-corrected chi connectivity index (χ4v) is 2.28. The van der Waals surface area contributed by atoms with E-state index in [1.165, 1.54) is 4.88 Å². The molecule has 0 saturated heterocycles. The molecule has 0 aliphatic carbocycles. The Hall–Kier alpha value is -1.63. The number of aliphatic imine (C=N–C) groups is 1. The zero-order chi connectivity index (χ0) is 15.7. The molecule has 1 heterocycles. The number of aryl methyl sites for hydroxylation is 1. The van der Waals surface area contributed by atoms with E-state index in [0.29, 0.717) is 25.5 Å². The molecule has 0 atom stereocenters. The molecule has 0 aromatic carbocycles. The van der Waals surface area contributed by atoms with Crippen LogP contribution in [0.3, 0.4) is 0 Å². The molecule has 1 aromatic heterocycles. The van der Waals surface area contributed by atoms with E-state index in [1.807, 2.05) is 33.9 Å². The first kappa shape index (κ1) is 17.4. The van der Waals surface area contributed by atoms with E-state index in [2.05, 4.69) is 20.6 Å². The second kappa shape index (κ2) is 9.33. The van der Waals surface area contributed by atoms with Crippen molar-refractivity contribution in [3.63, 3.8) is 0 Å². The van der Waals surface area contributed by atoms with Gasteiger partial charge in [-0.3, -0.25) is 4.79 Å². The zero-order valence-corrected chi connectivity index (χ0v) is 13.9. The third-order valence-electron chi connectivity index (χ3n) is 2.37. The van der Waals surface area contributed by atoms with Crippen LogP contribution in [0.25, 0.3) is 0 Å². The summed E-state index contributed by atoms with van der Waals surface area (Å²) in [4.78, 5) is 21.3. The first-order valence-corrected chi connectivity index (χ1v) is 7.96. The molecule has 7 heteroatoms. The predicted molar refractivity (Wildman–Crippen MR) is 85.5 cm³/mol. The Morgan fingerprint density at radius 2 is 2.24 bits per heavy atom. The van der Waals surface area contributed by atoms with Crippen molar-refractivity contribution in [2.75, 3.05) is 13.1 Å². The number of carbonyl (C=O) groups is 1. The van der Waals surface area contributed by atoms with E-state index in [-0.39, 0.29) is 12.1 Å². The number of nitrogens with one attached hydrogen (secondary N) is 2. The van der Waals surface area contributed by atoms with Gasteiger partial charge in [0.1, 0.15) is 5.01 Å². The van der Waals surface area contributed by atoms with Crippen LogP contribution in [0.1, 0.15) is 37.1 Å². The molecule has 21 heavy (non-hydrogen) atoms. The Balaban J connectivity index is 2.40. The molecule has 118 valence electrons. The van der Waals surface area contributed by atoms with Gasteiger partial charge < -0.3 is 15.4 Å². The number of guanidine groups is 1. The minimum Gasteiger partial charge on any atom is -0.463 e. The number of aromatic nitrogens is 1. The van der Waals surface area contributed by atoms with Gasteiger partial charge >= 0.3 is 5.97 Å². The molecule has 0 unspecified atom stereocenters. The lowest BCUT2D eigenvalue weighted by atomic mass is 10.4. The number of hydrogen-bond donors (Lipinski definition) is 2. The monoisotopic (exact) mass is 312 g/mol. The summed E-state index contributed by atoms with van der Waals surface area (Å²) in [6.07, 6.45) is 2.09. The molecule has 0 amide bonds. The summed E-state index contributed by atoms with van der Waals surface area (Å²) < 4.78 is 5.08. The Labute approximate surface area is 130 Å². The highest BCUT2D eigenvalue weighted by Gasteiger charge is 2.06. The van der Waals surface area contributed by atoms with E-state index in [0.717, 1.165) is 11.6 Å². The largest absolute Gasteiger partial charge is 0.463 e. The number of thiazole rings is 1. The second-order valence-electron chi connectivity index (χ2n) is 4.78. The van der Waals surface area contributed by atoms with Crippen LogP contribution in [-0.4, -0.2) is 36.1 Å². The van der Waals surface area contributed by atoms with E-state index in [1.54, 1.807) is 11.3 Å². The second-order valence-corrected chi connectivity index (χ2v) is 6.09. The minimum absolute atomic E-state index is 0.0763. The molecule has 0 fully saturated rings. The molecule has 0 radical (unpaired) electrons. The SMILES string of the molecule is CCNC(=NCc1ncc(C)s1)NCCC(=O)OC(C)C. The van der Waals surface area contributed by atoms with Gasteiger partial charge in [-0.2, -0.15) is 0 Å². The van der Waals surface area contributed by atoms with Gasteiger partial charge in [0.05, 0.1) is 19.1 Å². The Kier molecular flexibility index (Phi) is 7.74. The summed E-state index contributed by atoms with van der Waals surface area (Å²) in [6, 6.07) is 0. The van der Waals surface area contributed by atoms with Crippen molar-refractivity contribution in [2.24, 2.45) is 4.99 Å². The van der Waals surface area contributed by atoms with Crippen LogP contribution >= 0.6 is 11.3 Å². The van der Waals surface area contributed by atoms with Crippen molar-refractivity contribution in [2.45, 2.75) is 46.8 Å². The highest BCUT2D eigenvalue weighted by atomic mass is 32.1. The Morgan fingerprint density at radius 3 is 2.81 bits per heavy atom. The van der Waals surface area contributed by atoms with Gasteiger partial charge in [0, 0.05) is 24.2 Å². The van der Waals surface area contributed by atoms with Crippen LogP contribution in [0.2, 0.25) is 0 Å². The number of carbonyl (C=O) groups excluding carboxylic acids is 1. The van der Waals surface area contributed by atoms with Gasteiger partial charge in [-0.25, -0.2) is 9.98 Å². The predicted octanol–water partition coefficient (Wildman–Crippen LogP) is 1.85. The lowest BCUT2D eigenvalue weighted by Gasteiger charge is -2.11. The molecule has 0 aliphatic heterocycles. The van der Waals surface area contributed by atoms with Gasteiger partial charge in [-0.1, -0.05) is 0 Å². The smallest absolute Gasteiger partial charge is 0.307 e. The van der Waals surface area contributed by atoms with Gasteiger partial charge in [-0.05, 0) is 27.7 Å². The van der Waals surface area contributed by atoms with Crippen LogP contribution in [0.5, 0.6) is 0 Å². The van der Waals surface area contributed by atoms with Crippen LogP contribution in [-0.2, 0) is 16.1 Å². The highest BCUT2D eigenvalue weighted by molar-refractivity contribution is 7.11. The zero-order valence-electron chi connectivity index (χ0n) is 13.1. The van der Waals surface area contributed by atoms with Crippen molar-refractivity contribution < 1.29 is 9.53 Å². The maximum absolute atomic E-state index is 11.4. The van der Waals surface area contributed by atoms with Crippen molar-refractivity contribution in [1.29, 1.82) is 0 Å². The van der Waals surface area contributed by atoms with Gasteiger partial charge in [0.15, 0.2) is 5.96 Å². The summed E-state index contributed by atoms with van der Waals surface area (Å²) in [5.74, 6) is 0.478. The third-order valence-corrected chi connectivity index (χ3v) is 3.27. The summed E-state index contributed by atoms with van der Waals surface area (Å²) in [5.41, 5.74) is 0. The Morgan fingerprint density at radius 1 is 1.48 bits per heavy atom. The van der Waals surface area contributed by atoms with Crippen LogP contribution in [0.15, 0.2) is 11.2 Å². The van der Waals surface area contributed by atoms with Crippen LogP contribution in [0.4, 0.5) is 0 Å². The number of rotatable bonds is 7. The first-order chi connectivity index (χ1) is 10.0. The van der Waals surface area contributed by atoms with Gasteiger partial charge in [0.25, 0.3) is 0 Å². The van der Waals surface area contributed by atoms with E-state index >= 15 is 0 Å². The molecule has 2 N–H and O–H groups in total. The summed E-state index contributed by atoms with van der Waals surface area (Å²) in [6.45, 7) is 9.49. The maximum Gasteiger partial charge on any atom is 0.307 e. The molecular weight excluding hydrogens is 288 g/mol. The van der Waals surface area contributed by atoms with E-state index in [9.17, 15) is 4.79 Å². The topological polar surface area (TPSA) is 75.6 Å². The molecule has 0 bridgehead atoms. The van der Waals surface area contributed by atoms with Crippen LogP contribution in [0, 0.1) is 6.92 Å². The number of ether oxygens (including phenoxy) is 1. The maximum atomic E-state index is 11.4. The number of nitrogens with zero attached hydrogens (tertiary/aromatic N) is 2. The third kappa shape index (κ3) is 7.65.